The molecule has 344 valence electrons. The molecule has 0 bridgehead atoms. The van der Waals surface area contributed by atoms with Gasteiger partial charge in [0.25, 0.3) is 5.92 Å². The minimum atomic E-state index is -2.96. The van der Waals surface area contributed by atoms with Gasteiger partial charge in [-0.05, 0) is 118 Å². The van der Waals surface area contributed by atoms with Gasteiger partial charge in [-0.2, -0.15) is 0 Å². The van der Waals surface area contributed by atoms with Crippen LogP contribution in [0, 0.1) is 11.7 Å². The molecule has 2 atom stereocenters. The number of rotatable bonds is 13. The number of halogens is 4. The third-order valence-electron chi connectivity index (χ3n) is 13.7. The summed E-state index contributed by atoms with van der Waals surface area (Å²) in [5.41, 5.74) is 5.93. The van der Waals surface area contributed by atoms with Crippen LogP contribution in [-0.4, -0.2) is 110 Å². The lowest BCUT2D eigenvalue weighted by atomic mass is 9.84. The maximum atomic E-state index is 16.1. The Hall–Kier alpha value is -5.31. The van der Waals surface area contributed by atoms with Gasteiger partial charge in [-0.25, -0.2) is 18.2 Å². The summed E-state index contributed by atoms with van der Waals surface area (Å²) < 4.78 is 46.5. The summed E-state index contributed by atoms with van der Waals surface area (Å²) >= 11 is 6.22. The molecule has 2 unspecified atom stereocenters. The smallest absolute Gasteiger partial charge is 0.267 e. The molecular weight excluding hydrogens is 853 g/mol. The number of carbonyl (C=O) groups excluding carboxylic acids is 3. The van der Waals surface area contributed by atoms with E-state index in [-0.39, 0.29) is 36.4 Å². The Bertz CT molecular complexity index is 2340. The van der Waals surface area contributed by atoms with Crippen molar-refractivity contribution in [1.29, 1.82) is 0 Å². The molecule has 1 N–H and O–H groups in total. The van der Waals surface area contributed by atoms with Gasteiger partial charge < -0.3 is 14.7 Å². The number of nitrogens with one attached hydrogen (secondary N) is 1. The van der Waals surface area contributed by atoms with E-state index in [0.717, 1.165) is 74.9 Å². The van der Waals surface area contributed by atoms with E-state index in [1.807, 2.05) is 4.90 Å². The third-order valence-corrected chi connectivity index (χ3v) is 13.9. The highest BCUT2D eigenvalue weighted by Gasteiger charge is 2.46. The van der Waals surface area contributed by atoms with Crippen molar-refractivity contribution in [1.82, 2.24) is 20.0 Å². The Morgan fingerprint density at radius 2 is 1.65 bits per heavy atom. The van der Waals surface area contributed by atoms with Gasteiger partial charge in [0.15, 0.2) is 0 Å². The topological polar surface area (TPSA) is 104 Å². The molecule has 15 heteroatoms. The lowest BCUT2D eigenvalue weighted by Gasteiger charge is -2.41. The number of hydrogen-bond acceptors (Lipinski definition) is 8. The zero-order valence-electron chi connectivity index (χ0n) is 37.2. The number of likely N-dealkylation sites (tertiary alicyclic amines) is 2. The average Bonchev–Trinajstić information content (AvgIpc) is 3.62. The van der Waals surface area contributed by atoms with E-state index in [2.05, 4.69) is 57.3 Å². The van der Waals surface area contributed by atoms with Gasteiger partial charge >= 0.3 is 0 Å². The highest BCUT2D eigenvalue weighted by atomic mass is 35.5. The summed E-state index contributed by atoms with van der Waals surface area (Å²) in [5.74, 6) is -4.29. The van der Waals surface area contributed by atoms with Crippen molar-refractivity contribution in [2.45, 2.75) is 94.7 Å². The van der Waals surface area contributed by atoms with Gasteiger partial charge in [0.05, 0.1) is 29.5 Å². The summed E-state index contributed by atoms with van der Waals surface area (Å²) in [6.45, 7) is 7.19. The van der Waals surface area contributed by atoms with Crippen molar-refractivity contribution >= 4 is 65.0 Å². The van der Waals surface area contributed by atoms with E-state index in [1.54, 1.807) is 49.5 Å². The number of carbonyl (C=O) groups is 3. The monoisotopic (exact) mass is 910 g/mol. The quantitative estimate of drug-likeness (QED) is 0.104. The molecule has 5 aliphatic rings. The second-order valence-corrected chi connectivity index (χ2v) is 18.8. The first-order valence-electron chi connectivity index (χ1n) is 22.8. The van der Waals surface area contributed by atoms with Crippen LogP contribution in [0.2, 0.25) is 5.02 Å². The fourth-order valence-corrected chi connectivity index (χ4v) is 10.6. The Morgan fingerprint density at radius 1 is 0.908 bits per heavy atom. The number of aliphatic imine (C=N–C) groups is 2. The number of alkyl halides is 2. The van der Waals surface area contributed by atoms with Gasteiger partial charge in [-0.3, -0.25) is 34.5 Å². The summed E-state index contributed by atoms with van der Waals surface area (Å²) in [5, 5.41) is 2.58. The number of amides is 3. The molecule has 0 spiro atoms. The second kappa shape index (κ2) is 20.1. The molecule has 0 aromatic heterocycles. The van der Waals surface area contributed by atoms with Crippen LogP contribution in [-0.2, 0) is 20.9 Å². The Morgan fingerprint density at radius 3 is 2.31 bits per heavy atom. The zero-order valence-corrected chi connectivity index (χ0v) is 38.0. The normalized spacial score (nSPS) is 23.7. The van der Waals surface area contributed by atoms with E-state index in [9.17, 15) is 18.8 Å². The summed E-state index contributed by atoms with van der Waals surface area (Å²) in [4.78, 5) is 55.4. The molecule has 4 fully saturated rings. The van der Waals surface area contributed by atoms with Crippen LogP contribution in [0.1, 0.15) is 86.8 Å². The number of amidine groups is 1. The van der Waals surface area contributed by atoms with Crippen LogP contribution < -0.4 is 15.1 Å². The van der Waals surface area contributed by atoms with Crippen molar-refractivity contribution < 1.29 is 27.6 Å². The molecule has 3 saturated heterocycles. The van der Waals surface area contributed by atoms with Crippen LogP contribution in [0.25, 0.3) is 5.57 Å². The van der Waals surface area contributed by atoms with Crippen LogP contribution >= 0.6 is 11.6 Å². The lowest BCUT2D eigenvalue weighted by molar-refractivity contribution is -0.134. The minimum Gasteiger partial charge on any atom is -0.376 e. The fourth-order valence-electron chi connectivity index (χ4n) is 10.4. The standard InChI is InChI=1S/C50H58ClF3N8O3/c1-55-27-41-42(30-61(40-7-5-4-6-8-40)48(41)56-39-25-37(51)24-38(52)26-39)35-11-9-33(10-12-35)28-59-20-17-34(18-21-59)29-60-22-19-43(50(53,54)31-60)36-13-14-44(46(23-36)58(2)3)62(32-63)45-15-16-47(64)57-49(45)65/h9-14,23-27,30,32,34,40,43,45H,1,4-8,15-22,28-29,31H2,2-3H3,(H,57,64,65)/b41-27-,56-48?. The number of imide groups is 1. The van der Waals surface area contributed by atoms with E-state index in [0.29, 0.717) is 60.3 Å². The number of hydrogen-bond donors (Lipinski definition) is 1. The number of nitrogens with zero attached hydrogens (tertiary/aromatic N) is 7. The van der Waals surface area contributed by atoms with Gasteiger partial charge in [0, 0.05) is 68.2 Å². The largest absolute Gasteiger partial charge is 0.376 e. The van der Waals surface area contributed by atoms with E-state index >= 15 is 8.78 Å². The zero-order chi connectivity index (χ0) is 45.8. The van der Waals surface area contributed by atoms with Crippen molar-refractivity contribution in [3.8, 4) is 0 Å². The molecule has 4 aliphatic heterocycles. The second-order valence-electron chi connectivity index (χ2n) is 18.4. The van der Waals surface area contributed by atoms with Crippen LogP contribution in [0.3, 0.4) is 0 Å². The highest BCUT2D eigenvalue weighted by molar-refractivity contribution is 6.30. The maximum Gasteiger partial charge on any atom is 0.267 e. The van der Waals surface area contributed by atoms with Crippen LogP contribution in [0.4, 0.5) is 30.2 Å². The lowest BCUT2D eigenvalue weighted by Crippen LogP contribution is -2.52. The van der Waals surface area contributed by atoms with E-state index in [1.165, 1.54) is 29.0 Å². The molecule has 8 rings (SSSR count). The molecule has 4 heterocycles. The summed E-state index contributed by atoms with van der Waals surface area (Å²) in [6, 6.07) is 17.3. The van der Waals surface area contributed by atoms with Gasteiger partial charge in [0.2, 0.25) is 18.2 Å². The maximum absolute atomic E-state index is 16.1. The number of piperidine rings is 3. The SMILES string of the molecule is C=N/C=C1/C(c2ccc(CN3CCC(CN4CCC(c5ccc(N(C=O)C6CCC(=O)NC6=O)c(N(C)C)c5)C(F)(F)C4)CC3)cc2)=CN(C2CCCCC2)C1=Nc1cc(F)cc(Cl)c1. The predicted molar refractivity (Wildman–Crippen MR) is 251 cm³/mol. The van der Waals surface area contributed by atoms with Crippen molar-refractivity contribution in [2.75, 3.05) is 56.6 Å². The van der Waals surface area contributed by atoms with Gasteiger partial charge in [-0.15, -0.1) is 0 Å². The molecule has 0 radical (unpaired) electrons. The molecule has 3 aromatic rings. The fraction of sp³-hybridized carbons (Fsp3) is 0.460. The van der Waals surface area contributed by atoms with E-state index in [4.69, 9.17) is 16.6 Å². The Kier molecular flexibility index (Phi) is 14.3. The Labute approximate surface area is 384 Å². The number of benzene rings is 3. The summed E-state index contributed by atoms with van der Waals surface area (Å²) in [6.07, 6.45) is 12.5. The molecule has 3 amide bonds. The van der Waals surface area contributed by atoms with E-state index < -0.39 is 29.6 Å². The molecule has 11 nitrogen and oxygen atoms in total. The highest BCUT2D eigenvalue weighted by Crippen LogP contribution is 2.44. The van der Waals surface area contributed by atoms with Crippen molar-refractivity contribution in [3.05, 3.63) is 106 Å². The first kappa shape index (κ1) is 46.2. The first-order valence-corrected chi connectivity index (χ1v) is 23.2. The Balaban J connectivity index is 0.871. The minimum absolute atomic E-state index is 0.111. The van der Waals surface area contributed by atoms with Crippen LogP contribution in [0.5, 0.6) is 0 Å². The average molecular weight is 912 g/mol. The summed E-state index contributed by atoms with van der Waals surface area (Å²) in [7, 11) is 3.55. The van der Waals surface area contributed by atoms with Gasteiger partial charge in [0.1, 0.15) is 17.7 Å². The molecule has 3 aromatic carbocycles. The molecule has 1 aliphatic carbocycles. The first-order chi connectivity index (χ1) is 31.3. The molecule has 1 saturated carbocycles. The van der Waals surface area contributed by atoms with Crippen LogP contribution in [0.15, 0.2) is 88.6 Å². The molecule has 65 heavy (non-hydrogen) atoms. The van der Waals surface area contributed by atoms with Gasteiger partial charge in [-0.1, -0.05) is 61.2 Å². The molecular formula is C50H58ClF3N8O3. The number of anilines is 2. The van der Waals surface area contributed by atoms with Crippen molar-refractivity contribution in [2.24, 2.45) is 15.9 Å². The van der Waals surface area contributed by atoms with Crippen molar-refractivity contribution in [3.63, 3.8) is 0 Å². The third kappa shape index (κ3) is 10.6. The predicted octanol–water partition coefficient (Wildman–Crippen LogP) is 8.95.